The van der Waals surface area contributed by atoms with Crippen LogP contribution in [-0.4, -0.2) is 22.3 Å². The molecule has 0 unspecified atom stereocenters. The molecule has 10 aromatic rings. The first-order valence-corrected chi connectivity index (χ1v) is 20.1. The zero-order valence-electron chi connectivity index (χ0n) is 32.0. The van der Waals surface area contributed by atoms with Gasteiger partial charge in [0, 0.05) is 44.0 Å². The van der Waals surface area contributed by atoms with E-state index in [-0.39, 0.29) is 0 Å². The van der Waals surface area contributed by atoms with Gasteiger partial charge in [-0.1, -0.05) is 124 Å². The number of hydrogen-bond donors (Lipinski definition) is 0. The summed E-state index contributed by atoms with van der Waals surface area (Å²) in [6, 6.07) is 57.4. The van der Waals surface area contributed by atoms with Gasteiger partial charge in [-0.05, 0) is 95.1 Å². The molecule has 0 bridgehead atoms. The summed E-state index contributed by atoms with van der Waals surface area (Å²) in [6.07, 6.45) is 4.11. The lowest BCUT2D eigenvalue weighted by molar-refractivity contribution is 0.306. The molecule has 274 valence electrons. The standard InChI is InChI=1S/C52H44N2O2/c1-3-5-31-55-49-29-23-35-33-37(53-45-19-11-7-15-41(45)42-16-8-12-20-46(42)53)25-27-39(35)51(49)52-40-28-26-38(34-36(40)24-30-50(52)56-32-6-4-2)54-47-21-13-9-17-43(47)44-18-10-14-22-48(44)54/h7-30,33-34H,3-6,31-32H2,1-2H3. The maximum atomic E-state index is 6.70. The van der Waals surface area contributed by atoms with Crippen LogP contribution in [0.1, 0.15) is 39.5 Å². The number of hydrogen-bond acceptors (Lipinski definition) is 2. The van der Waals surface area contributed by atoms with E-state index >= 15 is 0 Å². The highest BCUT2D eigenvalue weighted by Crippen LogP contribution is 2.47. The number of rotatable bonds is 11. The van der Waals surface area contributed by atoms with Gasteiger partial charge in [-0.25, -0.2) is 0 Å². The molecule has 0 saturated heterocycles. The molecule has 0 saturated carbocycles. The predicted molar refractivity (Wildman–Crippen MR) is 236 cm³/mol. The van der Waals surface area contributed by atoms with E-state index in [2.05, 4.69) is 181 Å². The lowest BCUT2D eigenvalue weighted by atomic mass is 9.91. The third-order valence-electron chi connectivity index (χ3n) is 11.4. The van der Waals surface area contributed by atoms with Crippen molar-refractivity contribution in [2.24, 2.45) is 0 Å². The second kappa shape index (κ2) is 14.3. The minimum Gasteiger partial charge on any atom is -0.493 e. The zero-order chi connectivity index (χ0) is 37.6. The van der Waals surface area contributed by atoms with Gasteiger partial charge in [0.1, 0.15) is 11.5 Å². The van der Waals surface area contributed by atoms with E-state index in [1.807, 2.05) is 0 Å². The van der Waals surface area contributed by atoms with Crippen LogP contribution in [0, 0.1) is 0 Å². The molecule has 4 nitrogen and oxygen atoms in total. The fraction of sp³-hybridized carbons (Fsp3) is 0.154. The molecule has 0 aliphatic rings. The van der Waals surface area contributed by atoms with Gasteiger partial charge < -0.3 is 18.6 Å². The van der Waals surface area contributed by atoms with Gasteiger partial charge in [0.2, 0.25) is 0 Å². The number of benzene rings is 8. The molecule has 0 amide bonds. The topological polar surface area (TPSA) is 28.3 Å². The number of nitrogens with zero attached hydrogens (tertiary/aromatic N) is 2. The highest BCUT2D eigenvalue weighted by atomic mass is 16.5. The van der Waals surface area contributed by atoms with E-state index in [0.717, 1.165) is 81.2 Å². The summed E-state index contributed by atoms with van der Waals surface area (Å²) in [5.74, 6) is 1.77. The molecule has 0 aliphatic heterocycles. The van der Waals surface area contributed by atoms with Crippen LogP contribution >= 0.6 is 0 Å². The SMILES string of the molecule is CCCCOc1ccc2cc(-n3c4ccccc4c4ccccc43)ccc2c1-c1c(OCCCC)ccc2cc(-n3c4ccccc4c4ccccc43)ccc12. The Balaban J connectivity index is 1.21. The van der Waals surface area contributed by atoms with Crippen LogP contribution in [-0.2, 0) is 0 Å². The average Bonchev–Trinajstić information content (AvgIpc) is 3.77. The van der Waals surface area contributed by atoms with Gasteiger partial charge in [-0.15, -0.1) is 0 Å². The summed E-state index contributed by atoms with van der Waals surface area (Å²) in [7, 11) is 0. The third kappa shape index (κ3) is 5.59. The lowest BCUT2D eigenvalue weighted by Crippen LogP contribution is -2.03. The van der Waals surface area contributed by atoms with E-state index in [1.54, 1.807) is 0 Å². The highest BCUT2D eigenvalue weighted by Gasteiger charge is 2.22. The van der Waals surface area contributed by atoms with E-state index in [0.29, 0.717) is 13.2 Å². The molecule has 0 radical (unpaired) electrons. The molecular weight excluding hydrogens is 685 g/mol. The lowest BCUT2D eigenvalue weighted by Gasteiger charge is -2.21. The van der Waals surface area contributed by atoms with Crippen molar-refractivity contribution in [2.45, 2.75) is 39.5 Å². The zero-order valence-corrected chi connectivity index (χ0v) is 32.0. The number of aromatic nitrogens is 2. The predicted octanol–water partition coefficient (Wildman–Crippen LogP) is 14.2. The Labute approximate surface area is 327 Å². The first-order valence-electron chi connectivity index (χ1n) is 20.1. The number of para-hydroxylation sites is 4. The van der Waals surface area contributed by atoms with Crippen molar-refractivity contribution in [3.8, 4) is 34.0 Å². The Morgan fingerprint density at radius 2 is 0.732 bits per heavy atom. The van der Waals surface area contributed by atoms with Gasteiger partial charge >= 0.3 is 0 Å². The van der Waals surface area contributed by atoms with E-state index < -0.39 is 0 Å². The molecular formula is C52H44N2O2. The fourth-order valence-electron chi connectivity index (χ4n) is 8.68. The van der Waals surface area contributed by atoms with Gasteiger partial charge in [-0.2, -0.15) is 0 Å². The van der Waals surface area contributed by atoms with Crippen molar-refractivity contribution < 1.29 is 9.47 Å². The Bertz CT molecular complexity index is 2760. The maximum Gasteiger partial charge on any atom is 0.127 e. The minimum atomic E-state index is 0.656. The van der Waals surface area contributed by atoms with Gasteiger partial charge in [0.15, 0.2) is 0 Å². The molecule has 0 aliphatic carbocycles. The summed E-state index contributed by atoms with van der Waals surface area (Å²) in [4.78, 5) is 0. The van der Waals surface area contributed by atoms with Crippen molar-refractivity contribution in [3.63, 3.8) is 0 Å². The highest BCUT2D eigenvalue weighted by molar-refractivity contribution is 6.13. The molecule has 2 heterocycles. The fourth-order valence-corrected chi connectivity index (χ4v) is 8.68. The minimum absolute atomic E-state index is 0.656. The monoisotopic (exact) mass is 728 g/mol. The van der Waals surface area contributed by atoms with Gasteiger partial charge in [0.05, 0.1) is 35.3 Å². The Morgan fingerprint density at radius 3 is 1.09 bits per heavy atom. The Kier molecular flexibility index (Phi) is 8.67. The first kappa shape index (κ1) is 34.0. The van der Waals surface area contributed by atoms with Crippen molar-refractivity contribution in [1.29, 1.82) is 0 Å². The van der Waals surface area contributed by atoms with Crippen LogP contribution < -0.4 is 9.47 Å². The maximum absolute atomic E-state index is 6.70. The molecule has 8 aromatic carbocycles. The average molecular weight is 729 g/mol. The van der Waals surface area contributed by atoms with E-state index in [1.165, 1.54) is 43.6 Å². The van der Waals surface area contributed by atoms with Crippen LogP contribution in [0.5, 0.6) is 11.5 Å². The van der Waals surface area contributed by atoms with Gasteiger partial charge in [-0.3, -0.25) is 0 Å². The summed E-state index contributed by atoms with van der Waals surface area (Å²) < 4.78 is 18.2. The summed E-state index contributed by atoms with van der Waals surface area (Å²) in [6.45, 7) is 5.73. The molecule has 0 spiro atoms. The molecule has 0 atom stereocenters. The molecule has 56 heavy (non-hydrogen) atoms. The normalized spacial score (nSPS) is 11.8. The number of unbranched alkanes of at least 4 members (excludes halogenated alkanes) is 2. The second-order valence-electron chi connectivity index (χ2n) is 14.8. The molecule has 10 rings (SSSR count). The van der Waals surface area contributed by atoms with Crippen LogP contribution in [0.15, 0.2) is 158 Å². The smallest absolute Gasteiger partial charge is 0.127 e. The second-order valence-corrected chi connectivity index (χ2v) is 14.8. The van der Waals surface area contributed by atoms with Crippen molar-refractivity contribution >= 4 is 65.2 Å². The number of fused-ring (bicyclic) bond motifs is 8. The quantitative estimate of drug-likeness (QED) is 0.124. The first-order chi connectivity index (χ1) is 27.7. The molecule has 0 N–H and O–H groups in total. The summed E-state index contributed by atoms with van der Waals surface area (Å²) in [5, 5.41) is 9.62. The molecule has 4 heteroatoms. The van der Waals surface area contributed by atoms with Crippen molar-refractivity contribution in [1.82, 2.24) is 9.13 Å². The summed E-state index contributed by atoms with van der Waals surface area (Å²) in [5.41, 5.74) is 9.23. The largest absolute Gasteiger partial charge is 0.493 e. The Hall–Kier alpha value is -6.52. The Morgan fingerprint density at radius 1 is 0.375 bits per heavy atom. The number of ether oxygens (including phenoxy) is 2. The third-order valence-corrected chi connectivity index (χ3v) is 11.4. The van der Waals surface area contributed by atoms with Crippen LogP contribution in [0.2, 0.25) is 0 Å². The van der Waals surface area contributed by atoms with Crippen LogP contribution in [0.4, 0.5) is 0 Å². The molecule has 0 fully saturated rings. The van der Waals surface area contributed by atoms with E-state index in [9.17, 15) is 0 Å². The van der Waals surface area contributed by atoms with Crippen molar-refractivity contribution in [3.05, 3.63) is 158 Å². The van der Waals surface area contributed by atoms with Crippen LogP contribution in [0.3, 0.4) is 0 Å². The summed E-state index contributed by atoms with van der Waals surface area (Å²) >= 11 is 0. The van der Waals surface area contributed by atoms with Crippen LogP contribution in [0.25, 0.3) is 87.7 Å². The van der Waals surface area contributed by atoms with Crippen molar-refractivity contribution in [2.75, 3.05) is 13.2 Å². The van der Waals surface area contributed by atoms with E-state index in [4.69, 9.17) is 9.47 Å². The molecule has 2 aromatic heterocycles. The van der Waals surface area contributed by atoms with Gasteiger partial charge in [0.25, 0.3) is 0 Å².